The number of rotatable bonds is 5. The summed E-state index contributed by atoms with van der Waals surface area (Å²) in [6.07, 6.45) is 0.734. The van der Waals surface area contributed by atoms with Gasteiger partial charge in [-0.2, -0.15) is 0 Å². The standard InChI is InChI=1S/C13H17BrF2O/c1-8(2)7-9(17)3-4-10-12(15)6-5-11(14)13(10)16/h5-6,8-9,17H,3-4,7H2,1-2H3. The van der Waals surface area contributed by atoms with Crippen LogP contribution in [0.2, 0.25) is 0 Å². The van der Waals surface area contributed by atoms with E-state index in [4.69, 9.17) is 0 Å². The van der Waals surface area contributed by atoms with E-state index in [0.29, 0.717) is 18.8 Å². The molecule has 0 aliphatic heterocycles. The van der Waals surface area contributed by atoms with Crippen molar-refractivity contribution in [3.8, 4) is 0 Å². The molecule has 0 saturated heterocycles. The number of benzene rings is 1. The quantitative estimate of drug-likeness (QED) is 0.813. The average molecular weight is 307 g/mol. The molecule has 0 aromatic heterocycles. The van der Waals surface area contributed by atoms with E-state index in [-0.39, 0.29) is 16.5 Å². The number of hydrogen-bond donors (Lipinski definition) is 1. The predicted octanol–water partition coefficient (Wildman–Crippen LogP) is 4.07. The minimum absolute atomic E-state index is 0.0437. The monoisotopic (exact) mass is 306 g/mol. The molecule has 1 N–H and O–H groups in total. The van der Waals surface area contributed by atoms with Crippen molar-refractivity contribution in [2.45, 2.75) is 39.2 Å². The summed E-state index contributed by atoms with van der Waals surface area (Å²) in [6, 6.07) is 2.58. The summed E-state index contributed by atoms with van der Waals surface area (Å²) in [5.74, 6) is -0.744. The van der Waals surface area contributed by atoms with Gasteiger partial charge < -0.3 is 5.11 Å². The highest BCUT2D eigenvalue weighted by atomic mass is 79.9. The van der Waals surface area contributed by atoms with Crippen LogP contribution >= 0.6 is 15.9 Å². The maximum Gasteiger partial charge on any atom is 0.143 e. The highest BCUT2D eigenvalue weighted by Gasteiger charge is 2.14. The van der Waals surface area contributed by atoms with Gasteiger partial charge in [0.15, 0.2) is 0 Å². The second kappa shape index (κ2) is 6.45. The van der Waals surface area contributed by atoms with E-state index in [2.05, 4.69) is 15.9 Å². The molecule has 0 spiro atoms. The number of aliphatic hydroxyl groups is 1. The van der Waals surface area contributed by atoms with E-state index in [0.717, 1.165) is 0 Å². The molecule has 0 aliphatic carbocycles. The highest BCUT2D eigenvalue weighted by molar-refractivity contribution is 9.10. The Morgan fingerprint density at radius 3 is 2.53 bits per heavy atom. The zero-order valence-corrected chi connectivity index (χ0v) is 11.6. The van der Waals surface area contributed by atoms with Gasteiger partial charge in [-0.15, -0.1) is 0 Å². The van der Waals surface area contributed by atoms with Crippen molar-refractivity contribution in [1.29, 1.82) is 0 Å². The fraction of sp³-hybridized carbons (Fsp3) is 0.538. The maximum atomic E-state index is 13.6. The Morgan fingerprint density at radius 1 is 1.29 bits per heavy atom. The smallest absolute Gasteiger partial charge is 0.143 e. The number of hydrogen-bond acceptors (Lipinski definition) is 1. The van der Waals surface area contributed by atoms with Gasteiger partial charge in [0.1, 0.15) is 11.6 Å². The molecule has 0 amide bonds. The third kappa shape index (κ3) is 4.36. The van der Waals surface area contributed by atoms with Crippen LogP contribution in [0.15, 0.2) is 16.6 Å². The lowest BCUT2D eigenvalue weighted by Gasteiger charge is -2.13. The van der Waals surface area contributed by atoms with Crippen LogP contribution in [-0.4, -0.2) is 11.2 Å². The van der Waals surface area contributed by atoms with Gasteiger partial charge in [0.05, 0.1) is 10.6 Å². The molecule has 96 valence electrons. The van der Waals surface area contributed by atoms with Gasteiger partial charge >= 0.3 is 0 Å². The molecule has 0 heterocycles. The Hall–Kier alpha value is -0.480. The lowest BCUT2D eigenvalue weighted by molar-refractivity contribution is 0.139. The Bertz CT molecular complexity index is 380. The fourth-order valence-electron chi connectivity index (χ4n) is 1.77. The predicted molar refractivity (Wildman–Crippen MR) is 67.8 cm³/mol. The molecule has 1 rings (SSSR count). The molecule has 17 heavy (non-hydrogen) atoms. The van der Waals surface area contributed by atoms with Crippen molar-refractivity contribution in [3.05, 3.63) is 33.8 Å². The van der Waals surface area contributed by atoms with Crippen molar-refractivity contribution in [3.63, 3.8) is 0 Å². The van der Waals surface area contributed by atoms with Gasteiger partial charge in [-0.3, -0.25) is 0 Å². The first-order valence-corrected chi connectivity index (χ1v) is 6.51. The normalized spacial score (nSPS) is 13.1. The molecule has 1 nitrogen and oxygen atoms in total. The van der Waals surface area contributed by atoms with E-state index in [9.17, 15) is 13.9 Å². The lowest BCUT2D eigenvalue weighted by atomic mass is 9.99. The maximum absolute atomic E-state index is 13.6. The highest BCUT2D eigenvalue weighted by Crippen LogP contribution is 2.23. The second-order valence-electron chi connectivity index (χ2n) is 4.64. The van der Waals surface area contributed by atoms with Crippen LogP contribution in [0.1, 0.15) is 32.3 Å². The van der Waals surface area contributed by atoms with Crippen LogP contribution in [0, 0.1) is 17.6 Å². The summed E-state index contributed by atoms with van der Waals surface area (Å²) >= 11 is 3.02. The Morgan fingerprint density at radius 2 is 1.94 bits per heavy atom. The van der Waals surface area contributed by atoms with Crippen LogP contribution in [0.5, 0.6) is 0 Å². The van der Waals surface area contributed by atoms with Gasteiger partial charge in [0.25, 0.3) is 0 Å². The molecule has 0 aliphatic rings. The zero-order chi connectivity index (χ0) is 13.0. The van der Waals surface area contributed by atoms with E-state index in [1.54, 1.807) is 0 Å². The SMILES string of the molecule is CC(C)CC(O)CCc1c(F)ccc(Br)c1F. The van der Waals surface area contributed by atoms with Gasteiger partial charge in [-0.05, 0) is 53.2 Å². The molecule has 0 saturated carbocycles. The van der Waals surface area contributed by atoms with Gasteiger partial charge in [-0.25, -0.2) is 8.78 Å². The summed E-state index contributed by atoms with van der Waals surface area (Å²) in [6.45, 7) is 4.01. The molecule has 1 aromatic rings. The summed E-state index contributed by atoms with van der Waals surface area (Å²) in [4.78, 5) is 0. The van der Waals surface area contributed by atoms with Crippen LogP contribution in [0.3, 0.4) is 0 Å². The fourth-order valence-corrected chi connectivity index (χ4v) is 2.14. The Balaban J connectivity index is 2.66. The summed E-state index contributed by atoms with van der Waals surface area (Å²) in [7, 11) is 0. The summed E-state index contributed by atoms with van der Waals surface area (Å²) in [5, 5.41) is 9.68. The van der Waals surface area contributed by atoms with E-state index < -0.39 is 17.7 Å². The first-order chi connectivity index (χ1) is 7.91. The lowest BCUT2D eigenvalue weighted by Crippen LogP contribution is -2.12. The third-order valence-electron chi connectivity index (χ3n) is 2.61. The summed E-state index contributed by atoms with van der Waals surface area (Å²) in [5.41, 5.74) is 0.0437. The minimum atomic E-state index is -0.568. The molecule has 1 atom stereocenters. The first-order valence-electron chi connectivity index (χ1n) is 5.72. The van der Waals surface area contributed by atoms with Crippen molar-refractivity contribution in [1.82, 2.24) is 0 Å². The first kappa shape index (κ1) is 14.6. The topological polar surface area (TPSA) is 20.2 Å². The van der Waals surface area contributed by atoms with Crippen LogP contribution in [-0.2, 0) is 6.42 Å². The molecular weight excluding hydrogens is 290 g/mol. The van der Waals surface area contributed by atoms with Crippen molar-refractivity contribution in [2.24, 2.45) is 5.92 Å². The van der Waals surface area contributed by atoms with Crippen LogP contribution in [0.4, 0.5) is 8.78 Å². The number of halogens is 3. The number of aliphatic hydroxyl groups excluding tert-OH is 1. The molecule has 0 bridgehead atoms. The summed E-state index contributed by atoms with van der Waals surface area (Å²) < 4.78 is 27.3. The van der Waals surface area contributed by atoms with Gasteiger partial charge in [0, 0.05) is 5.56 Å². The van der Waals surface area contributed by atoms with E-state index in [1.807, 2.05) is 13.8 Å². The second-order valence-corrected chi connectivity index (χ2v) is 5.50. The zero-order valence-electron chi connectivity index (χ0n) is 10.0. The Kier molecular flexibility index (Phi) is 5.53. The van der Waals surface area contributed by atoms with E-state index in [1.165, 1.54) is 12.1 Å². The van der Waals surface area contributed by atoms with Crippen molar-refractivity contribution < 1.29 is 13.9 Å². The third-order valence-corrected chi connectivity index (χ3v) is 3.22. The van der Waals surface area contributed by atoms with Crippen LogP contribution < -0.4 is 0 Å². The molecule has 0 radical (unpaired) electrons. The van der Waals surface area contributed by atoms with E-state index >= 15 is 0 Å². The molecule has 1 aromatic carbocycles. The average Bonchev–Trinajstić information content (AvgIpc) is 2.23. The molecule has 1 unspecified atom stereocenters. The van der Waals surface area contributed by atoms with Gasteiger partial charge in [0.2, 0.25) is 0 Å². The molecule has 4 heteroatoms. The molecule has 0 fully saturated rings. The van der Waals surface area contributed by atoms with Gasteiger partial charge in [-0.1, -0.05) is 13.8 Å². The Labute approximate surface area is 109 Å². The largest absolute Gasteiger partial charge is 0.393 e. The molecular formula is C13H17BrF2O. The van der Waals surface area contributed by atoms with Crippen molar-refractivity contribution in [2.75, 3.05) is 0 Å². The van der Waals surface area contributed by atoms with Crippen molar-refractivity contribution >= 4 is 15.9 Å². The van der Waals surface area contributed by atoms with Crippen LogP contribution in [0.25, 0.3) is 0 Å². The minimum Gasteiger partial charge on any atom is -0.393 e.